The molecular weight excluding hydrogens is 298 g/mol. The minimum atomic E-state index is -0.615. The van der Waals surface area contributed by atoms with Crippen molar-refractivity contribution in [1.29, 1.82) is 0 Å². The van der Waals surface area contributed by atoms with E-state index < -0.39 is 11.7 Å². The molecule has 0 saturated heterocycles. The monoisotopic (exact) mass is 325 g/mol. The van der Waals surface area contributed by atoms with Crippen LogP contribution in [0.1, 0.15) is 48.6 Å². The molecule has 0 aromatic heterocycles. The number of hydrogen-bond donors (Lipinski definition) is 2. The van der Waals surface area contributed by atoms with E-state index in [1.165, 1.54) is 16.7 Å². The molecule has 3 heteroatoms. The van der Waals surface area contributed by atoms with Gasteiger partial charge in [-0.05, 0) is 48.9 Å². The van der Waals surface area contributed by atoms with E-state index in [0.717, 1.165) is 31.5 Å². The summed E-state index contributed by atoms with van der Waals surface area (Å²) in [5.74, 6) is 0. The van der Waals surface area contributed by atoms with Crippen LogP contribution in [0.15, 0.2) is 48.5 Å². The van der Waals surface area contributed by atoms with E-state index in [-0.39, 0.29) is 0 Å². The van der Waals surface area contributed by atoms with Gasteiger partial charge in [-0.3, -0.25) is 4.90 Å². The molecule has 0 saturated carbocycles. The molecule has 2 N–H and O–H groups in total. The van der Waals surface area contributed by atoms with Gasteiger partial charge in [0.05, 0.1) is 11.7 Å². The molecule has 1 aliphatic heterocycles. The van der Waals surface area contributed by atoms with Gasteiger partial charge in [-0.1, -0.05) is 48.5 Å². The summed E-state index contributed by atoms with van der Waals surface area (Å²) in [7, 11) is 0. The van der Waals surface area contributed by atoms with Gasteiger partial charge in [0.1, 0.15) is 0 Å². The summed E-state index contributed by atoms with van der Waals surface area (Å²) in [6, 6.07) is 16.8. The van der Waals surface area contributed by atoms with Gasteiger partial charge in [0, 0.05) is 19.6 Å². The first kappa shape index (κ1) is 17.2. The van der Waals surface area contributed by atoms with Crippen molar-refractivity contribution in [2.75, 3.05) is 6.54 Å². The average Bonchev–Trinajstić information content (AvgIpc) is 2.54. The first-order valence-electron chi connectivity index (χ1n) is 8.69. The highest BCUT2D eigenvalue weighted by Gasteiger charge is 2.23. The highest BCUT2D eigenvalue weighted by Crippen LogP contribution is 2.27. The molecule has 1 atom stereocenters. The van der Waals surface area contributed by atoms with Gasteiger partial charge < -0.3 is 10.2 Å². The largest absolute Gasteiger partial charge is 0.390 e. The van der Waals surface area contributed by atoms with E-state index in [9.17, 15) is 10.2 Å². The summed E-state index contributed by atoms with van der Waals surface area (Å²) in [6.07, 6.45) is 1.25. The molecule has 0 bridgehead atoms. The van der Waals surface area contributed by atoms with E-state index >= 15 is 0 Å². The number of benzene rings is 2. The molecule has 2 aromatic rings. The number of aliphatic hydroxyl groups is 2. The summed E-state index contributed by atoms with van der Waals surface area (Å²) in [4.78, 5) is 2.29. The van der Waals surface area contributed by atoms with Gasteiger partial charge in [0.15, 0.2) is 0 Å². The Morgan fingerprint density at radius 2 is 1.71 bits per heavy atom. The summed E-state index contributed by atoms with van der Waals surface area (Å²) >= 11 is 0. The van der Waals surface area contributed by atoms with Crippen LogP contribution in [0.5, 0.6) is 0 Å². The van der Waals surface area contributed by atoms with Crippen molar-refractivity contribution in [3.63, 3.8) is 0 Å². The lowest BCUT2D eigenvalue weighted by atomic mass is 9.96. The Balaban J connectivity index is 1.61. The third-order valence-electron chi connectivity index (χ3n) is 4.69. The second-order valence-electron chi connectivity index (χ2n) is 7.51. The Morgan fingerprint density at radius 3 is 2.42 bits per heavy atom. The Labute approximate surface area is 144 Å². The van der Waals surface area contributed by atoms with Gasteiger partial charge in [-0.25, -0.2) is 0 Å². The number of nitrogens with zero attached hydrogens (tertiary/aromatic N) is 1. The van der Waals surface area contributed by atoms with Gasteiger partial charge in [0.25, 0.3) is 0 Å². The SMILES string of the molecule is CC(C)(O)CCc1ccc(CN2Cc3ccccc3[C@@H](O)C2)cc1. The normalized spacial score (nSPS) is 18.4. The summed E-state index contributed by atoms with van der Waals surface area (Å²) in [6.45, 7) is 6.10. The third-order valence-corrected chi connectivity index (χ3v) is 4.69. The second kappa shape index (κ2) is 7.06. The van der Waals surface area contributed by atoms with Crippen LogP contribution in [0.2, 0.25) is 0 Å². The molecule has 0 radical (unpaired) electrons. The number of aliphatic hydroxyl groups excluding tert-OH is 1. The minimum Gasteiger partial charge on any atom is -0.390 e. The van der Waals surface area contributed by atoms with E-state index in [0.29, 0.717) is 6.54 Å². The minimum absolute atomic E-state index is 0.402. The molecule has 0 spiro atoms. The van der Waals surface area contributed by atoms with Crippen molar-refractivity contribution < 1.29 is 10.2 Å². The lowest BCUT2D eigenvalue weighted by molar-refractivity contribution is 0.0714. The van der Waals surface area contributed by atoms with Crippen LogP contribution >= 0.6 is 0 Å². The maximum Gasteiger partial charge on any atom is 0.0920 e. The first-order chi connectivity index (χ1) is 11.4. The Bertz CT molecular complexity index is 673. The fourth-order valence-electron chi connectivity index (χ4n) is 3.29. The Kier molecular flexibility index (Phi) is 5.04. The van der Waals surface area contributed by atoms with Crippen LogP contribution in [-0.2, 0) is 19.5 Å². The lowest BCUT2D eigenvalue weighted by Gasteiger charge is -2.32. The Hall–Kier alpha value is -1.68. The zero-order valence-electron chi connectivity index (χ0n) is 14.6. The van der Waals surface area contributed by atoms with Gasteiger partial charge in [-0.2, -0.15) is 0 Å². The first-order valence-corrected chi connectivity index (χ1v) is 8.69. The van der Waals surface area contributed by atoms with Crippen molar-refractivity contribution in [3.05, 3.63) is 70.8 Å². The molecule has 2 aromatic carbocycles. The summed E-state index contributed by atoms with van der Waals surface area (Å²) in [5, 5.41) is 20.2. The molecule has 0 amide bonds. The molecule has 1 aliphatic rings. The quantitative estimate of drug-likeness (QED) is 0.885. The van der Waals surface area contributed by atoms with E-state index in [1.54, 1.807) is 0 Å². The summed E-state index contributed by atoms with van der Waals surface area (Å²) < 4.78 is 0. The standard InChI is InChI=1S/C21H27NO2/c1-21(2,24)12-11-16-7-9-17(10-8-16)13-22-14-18-5-3-4-6-19(18)20(23)15-22/h3-10,20,23-24H,11-15H2,1-2H3/t20-/m0/s1. The van der Waals surface area contributed by atoms with E-state index in [1.807, 2.05) is 32.0 Å². The Morgan fingerprint density at radius 1 is 1.04 bits per heavy atom. The molecule has 0 fully saturated rings. The lowest BCUT2D eigenvalue weighted by Crippen LogP contribution is -2.33. The van der Waals surface area contributed by atoms with E-state index in [4.69, 9.17) is 0 Å². The van der Waals surface area contributed by atoms with Crippen molar-refractivity contribution in [3.8, 4) is 0 Å². The van der Waals surface area contributed by atoms with Gasteiger partial charge >= 0.3 is 0 Å². The van der Waals surface area contributed by atoms with Crippen molar-refractivity contribution in [2.45, 2.75) is 51.5 Å². The molecule has 3 rings (SSSR count). The molecule has 0 unspecified atom stereocenters. The molecule has 3 nitrogen and oxygen atoms in total. The summed E-state index contributed by atoms with van der Waals surface area (Å²) in [5.41, 5.74) is 4.18. The number of rotatable bonds is 5. The predicted octanol–water partition coefficient (Wildman–Crippen LogP) is 3.44. The fourth-order valence-corrected chi connectivity index (χ4v) is 3.29. The van der Waals surface area contributed by atoms with Crippen LogP contribution in [0.25, 0.3) is 0 Å². The van der Waals surface area contributed by atoms with Crippen molar-refractivity contribution in [2.24, 2.45) is 0 Å². The maximum absolute atomic E-state index is 10.3. The van der Waals surface area contributed by atoms with Crippen LogP contribution in [0, 0.1) is 0 Å². The zero-order chi connectivity index (χ0) is 17.2. The molecule has 0 aliphatic carbocycles. The van der Waals surface area contributed by atoms with Crippen LogP contribution in [0.4, 0.5) is 0 Å². The fraction of sp³-hybridized carbons (Fsp3) is 0.429. The van der Waals surface area contributed by atoms with Gasteiger partial charge in [0.2, 0.25) is 0 Å². The average molecular weight is 325 g/mol. The molecule has 1 heterocycles. The molecule has 128 valence electrons. The highest BCUT2D eigenvalue weighted by molar-refractivity contribution is 5.31. The van der Waals surface area contributed by atoms with Crippen molar-refractivity contribution >= 4 is 0 Å². The topological polar surface area (TPSA) is 43.7 Å². The zero-order valence-corrected chi connectivity index (χ0v) is 14.6. The van der Waals surface area contributed by atoms with Crippen LogP contribution in [0.3, 0.4) is 0 Å². The molecule has 24 heavy (non-hydrogen) atoms. The van der Waals surface area contributed by atoms with Crippen LogP contribution < -0.4 is 0 Å². The van der Waals surface area contributed by atoms with Gasteiger partial charge in [-0.15, -0.1) is 0 Å². The van der Waals surface area contributed by atoms with Crippen LogP contribution in [-0.4, -0.2) is 27.3 Å². The number of β-amino-alcohol motifs (C(OH)–C–C–N with tert-alkyl or cyclic N) is 1. The smallest absolute Gasteiger partial charge is 0.0920 e. The maximum atomic E-state index is 10.3. The third kappa shape index (κ3) is 4.44. The number of fused-ring (bicyclic) bond motifs is 1. The second-order valence-corrected chi connectivity index (χ2v) is 7.51. The van der Waals surface area contributed by atoms with Crippen molar-refractivity contribution in [1.82, 2.24) is 4.90 Å². The predicted molar refractivity (Wildman–Crippen MR) is 96.6 cm³/mol. The van der Waals surface area contributed by atoms with E-state index in [2.05, 4.69) is 35.2 Å². The molecular formula is C21H27NO2. The number of hydrogen-bond acceptors (Lipinski definition) is 3. The highest BCUT2D eigenvalue weighted by atomic mass is 16.3. The number of aryl methyl sites for hydroxylation is 1.